The van der Waals surface area contributed by atoms with E-state index in [4.69, 9.17) is 11.6 Å². The summed E-state index contributed by atoms with van der Waals surface area (Å²) >= 11 is 5.97. The fourth-order valence-corrected chi connectivity index (χ4v) is 5.09. The number of carbonyl (C=O) groups excluding carboxylic acids is 1. The molecule has 172 valence electrons. The van der Waals surface area contributed by atoms with Crippen molar-refractivity contribution in [2.75, 3.05) is 30.9 Å². The molecule has 1 amide bonds. The highest BCUT2D eigenvalue weighted by atomic mass is 35.5. The Labute approximate surface area is 199 Å². The maximum Gasteiger partial charge on any atom is 0.261 e. The molecule has 3 aromatic carbocycles. The molecule has 3 aromatic rings. The van der Waals surface area contributed by atoms with Gasteiger partial charge in [0.25, 0.3) is 15.9 Å². The van der Waals surface area contributed by atoms with Crippen LogP contribution in [0.15, 0.2) is 83.8 Å². The largest absolute Gasteiger partial charge is 0.337 e. The molecule has 0 atom stereocenters. The first-order valence-corrected chi connectivity index (χ1v) is 12.7. The molecule has 0 aliphatic carbocycles. The molecule has 8 heteroatoms. The van der Waals surface area contributed by atoms with E-state index < -0.39 is 10.0 Å². The van der Waals surface area contributed by atoms with Gasteiger partial charge in [0, 0.05) is 49.0 Å². The van der Waals surface area contributed by atoms with E-state index in [-0.39, 0.29) is 10.8 Å². The van der Waals surface area contributed by atoms with Crippen molar-refractivity contribution in [3.8, 4) is 0 Å². The first-order valence-electron chi connectivity index (χ1n) is 10.8. The molecule has 33 heavy (non-hydrogen) atoms. The monoisotopic (exact) mass is 483 g/mol. The number of sulfonamides is 1. The van der Waals surface area contributed by atoms with Gasteiger partial charge in [0.15, 0.2) is 0 Å². The number of anilines is 1. The van der Waals surface area contributed by atoms with E-state index in [0.29, 0.717) is 24.3 Å². The normalized spacial score (nSPS) is 15.1. The zero-order valence-electron chi connectivity index (χ0n) is 18.2. The lowest BCUT2D eigenvalue weighted by Gasteiger charge is -2.22. The van der Waals surface area contributed by atoms with Crippen LogP contribution in [0.1, 0.15) is 22.3 Å². The molecular formula is C25H26ClN3O3S. The summed E-state index contributed by atoms with van der Waals surface area (Å²) in [7, 11) is -3.72. The number of rotatable bonds is 6. The molecule has 4 rings (SSSR count). The summed E-state index contributed by atoms with van der Waals surface area (Å²) in [6.07, 6.45) is 0.875. The zero-order valence-corrected chi connectivity index (χ0v) is 19.7. The predicted molar refractivity (Wildman–Crippen MR) is 131 cm³/mol. The Morgan fingerprint density at radius 3 is 2.39 bits per heavy atom. The Balaban J connectivity index is 1.40. The standard InChI is InChI=1S/C25H26ClN3O3S/c26-22-12-10-20(11-13-22)19-28-14-5-15-29(17-16-28)25(30)21-6-4-7-23(18-21)27-33(31,32)24-8-2-1-3-9-24/h1-4,6-13,18,27H,5,14-17,19H2. The molecule has 0 spiro atoms. The van der Waals surface area contributed by atoms with Crippen molar-refractivity contribution in [1.82, 2.24) is 9.80 Å². The second-order valence-electron chi connectivity index (χ2n) is 8.05. The number of amides is 1. The van der Waals surface area contributed by atoms with E-state index in [9.17, 15) is 13.2 Å². The SMILES string of the molecule is O=C(c1cccc(NS(=O)(=O)c2ccccc2)c1)N1CCCN(Cc2ccc(Cl)cc2)CC1. The van der Waals surface area contributed by atoms with Gasteiger partial charge >= 0.3 is 0 Å². The third-order valence-corrected chi connectivity index (χ3v) is 7.26. The number of carbonyl (C=O) groups is 1. The van der Waals surface area contributed by atoms with Gasteiger partial charge in [-0.2, -0.15) is 0 Å². The summed E-state index contributed by atoms with van der Waals surface area (Å²) in [5.74, 6) is -0.0934. The molecule has 1 saturated heterocycles. The molecule has 1 aliphatic rings. The highest BCUT2D eigenvalue weighted by Crippen LogP contribution is 2.19. The van der Waals surface area contributed by atoms with E-state index in [1.165, 1.54) is 17.7 Å². The molecular weight excluding hydrogens is 458 g/mol. The van der Waals surface area contributed by atoms with Gasteiger partial charge in [0.05, 0.1) is 4.90 Å². The minimum absolute atomic E-state index is 0.0934. The summed E-state index contributed by atoms with van der Waals surface area (Å²) in [4.78, 5) is 17.5. The quantitative estimate of drug-likeness (QED) is 0.561. The minimum Gasteiger partial charge on any atom is -0.337 e. The van der Waals surface area contributed by atoms with Crippen molar-refractivity contribution in [3.05, 3.63) is 95.0 Å². The molecule has 1 aliphatic heterocycles. The van der Waals surface area contributed by atoms with Crippen LogP contribution >= 0.6 is 11.6 Å². The van der Waals surface area contributed by atoms with Crippen molar-refractivity contribution < 1.29 is 13.2 Å². The number of nitrogens with zero attached hydrogens (tertiary/aromatic N) is 2. The van der Waals surface area contributed by atoms with E-state index in [2.05, 4.69) is 9.62 Å². The minimum atomic E-state index is -3.72. The highest BCUT2D eigenvalue weighted by Gasteiger charge is 2.21. The van der Waals surface area contributed by atoms with Crippen LogP contribution in [-0.2, 0) is 16.6 Å². The fourth-order valence-electron chi connectivity index (χ4n) is 3.89. The summed E-state index contributed by atoms with van der Waals surface area (Å²) in [6.45, 7) is 3.77. The Hall–Kier alpha value is -2.87. The smallest absolute Gasteiger partial charge is 0.261 e. The lowest BCUT2D eigenvalue weighted by Crippen LogP contribution is -2.35. The fraction of sp³-hybridized carbons (Fsp3) is 0.240. The average Bonchev–Trinajstić information content (AvgIpc) is 3.06. The van der Waals surface area contributed by atoms with Crippen molar-refractivity contribution in [2.45, 2.75) is 17.9 Å². The summed E-state index contributed by atoms with van der Waals surface area (Å²) in [6, 6.07) is 22.7. The number of hydrogen-bond acceptors (Lipinski definition) is 4. The van der Waals surface area contributed by atoms with Crippen LogP contribution in [0.2, 0.25) is 5.02 Å². The summed E-state index contributed by atoms with van der Waals surface area (Å²) < 4.78 is 27.8. The molecule has 0 unspecified atom stereocenters. The third-order valence-electron chi connectivity index (χ3n) is 5.61. The van der Waals surface area contributed by atoms with Crippen molar-refractivity contribution in [2.24, 2.45) is 0 Å². The van der Waals surface area contributed by atoms with E-state index in [1.54, 1.807) is 42.5 Å². The van der Waals surface area contributed by atoms with Crippen molar-refractivity contribution in [3.63, 3.8) is 0 Å². The molecule has 0 radical (unpaired) electrons. The van der Waals surface area contributed by atoms with Crippen LogP contribution in [0, 0.1) is 0 Å². The molecule has 1 N–H and O–H groups in total. The van der Waals surface area contributed by atoms with Crippen LogP contribution in [0.5, 0.6) is 0 Å². The van der Waals surface area contributed by atoms with Crippen molar-refractivity contribution in [1.29, 1.82) is 0 Å². The van der Waals surface area contributed by atoms with Gasteiger partial charge < -0.3 is 4.90 Å². The average molecular weight is 484 g/mol. The first-order chi connectivity index (χ1) is 15.9. The first kappa shape index (κ1) is 23.3. The zero-order chi connectivity index (χ0) is 23.3. The molecule has 1 fully saturated rings. The summed E-state index contributed by atoms with van der Waals surface area (Å²) in [5, 5.41) is 0.722. The number of hydrogen-bond donors (Lipinski definition) is 1. The lowest BCUT2D eigenvalue weighted by atomic mass is 10.1. The van der Waals surface area contributed by atoms with Gasteiger partial charge in [-0.15, -0.1) is 0 Å². The van der Waals surface area contributed by atoms with Gasteiger partial charge in [0.2, 0.25) is 0 Å². The molecule has 0 aromatic heterocycles. The van der Waals surface area contributed by atoms with Crippen LogP contribution < -0.4 is 4.72 Å². The van der Waals surface area contributed by atoms with Crippen LogP contribution in [0.25, 0.3) is 0 Å². The second-order valence-corrected chi connectivity index (χ2v) is 10.2. The number of halogens is 1. The van der Waals surface area contributed by atoms with Gasteiger partial charge in [0.1, 0.15) is 0 Å². The summed E-state index contributed by atoms with van der Waals surface area (Å²) in [5.41, 5.74) is 2.02. The Morgan fingerprint density at radius 2 is 1.64 bits per heavy atom. The third kappa shape index (κ3) is 6.13. The lowest BCUT2D eigenvalue weighted by molar-refractivity contribution is 0.0761. The van der Waals surface area contributed by atoms with E-state index in [1.807, 2.05) is 29.2 Å². The predicted octanol–water partition coefficient (Wildman–Crippen LogP) is 4.49. The topological polar surface area (TPSA) is 69.7 Å². The number of nitrogens with one attached hydrogen (secondary N) is 1. The van der Waals surface area contributed by atoms with E-state index >= 15 is 0 Å². The Morgan fingerprint density at radius 1 is 0.879 bits per heavy atom. The van der Waals surface area contributed by atoms with Gasteiger partial charge in [-0.05, 0) is 54.4 Å². The Kier molecular flexibility index (Phi) is 7.33. The number of benzene rings is 3. The molecule has 6 nitrogen and oxygen atoms in total. The molecule has 0 bridgehead atoms. The van der Waals surface area contributed by atoms with Gasteiger partial charge in [-0.25, -0.2) is 8.42 Å². The maximum atomic E-state index is 13.2. The van der Waals surface area contributed by atoms with Crippen LogP contribution in [-0.4, -0.2) is 50.3 Å². The Bertz CT molecular complexity index is 1200. The maximum absolute atomic E-state index is 13.2. The van der Waals surface area contributed by atoms with Crippen molar-refractivity contribution >= 4 is 33.2 Å². The second kappa shape index (κ2) is 10.4. The van der Waals surface area contributed by atoms with Crippen LogP contribution in [0.3, 0.4) is 0 Å². The molecule has 1 heterocycles. The van der Waals surface area contributed by atoms with Gasteiger partial charge in [-0.3, -0.25) is 14.4 Å². The highest BCUT2D eigenvalue weighted by molar-refractivity contribution is 7.92. The van der Waals surface area contributed by atoms with E-state index in [0.717, 1.165) is 31.1 Å². The van der Waals surface area contributed by atoms with Crippen LogP contribution in [0.4, 0.5) is 5.69 Å². The molecule has 0 saturated carbocycles. The van der Waals surface area contributed by atoms with Gasteiger partial charge in [-0.1, -0.05) is 48.0 Å².